The highest BCUT2D eigenvalue weighted by atomic mass is 32.1. The fourth-order valence-electron chi connectivity index (χ4n) is 2.72. The van der Waals surface area contributed by atoms with Crippen molar-refractivity contribution in [1.29, 1.82) is 0 Å². The van der Waals surface area contributed by atoms with Gasteiger partial charge in [0, 0.05) is 25.5 Å². The van der Waals surface area contributed by atoms with Crippen LogP contribution in [0.25, 0.3) is 10.8 Å². The molecule has 0 bridgehead atoms. The molecule has 1 saturated carbocycles. The second-order valence-corrected chi connectivity index (χ2v) is 6.36. The number of aromatic nitrogens is 3. The lowest BCUT2D eigenvalue weighted by molar-refractivity contribution is 0.0739. The number of amides is 1. The summed E-state index contributed by atoms with van der Waals surface area (Å²) < 4.78 is 0. The summed E-state index contributed by atoms with van der Waals surface area (Å²) in [4.78, 5) is 28.1. The van der Waals surface area contributed by atoms with Crippen molar-refractivity contribution in [3.63, 3.8) is 0 Å². The van der Waals surface area contributed by atoms with E-state index in [0.29, 0.717) is 21.8 Å². The van der Waals surface area contributed by atoms with Crippen LogP contribution in [-0.2, 0) is 0 Å². The van der Waals surface area contributed by atoms with E-state index >= 15 is 0 Å². The van der Waals surface area contributed by atoms with Crippen LogP contribution in [0.2, 0.25) is 0 Å². The lowest BCUT2D eigenvalue weighted by Crippen LogP contribution is -2.35. The molecule has 5 nitrogen and oxygen atoms in total. The highest BCUT2D eigenvalue weighted by Crippen LogP contribution is 2.29. The topological polar surface area (TPSA) is 59.0 Å². The zero-order chi connectivity index (χ0) is 14.8. The van der Waals surface area contributed by atoms with Gasteiger partial charge in [0.15, 0.2) is 10.8 Å². The first kappa shape index (κ1) is 14.1. The molecule has 0 N–H and O–H groups in total. The van der Waals surface area contributed by atoms with Gasteiger partial charge in [0.1, 0.15) is 4.88 Å². The number of hydrogen-bond acceptors (Lipinski definition) is 5. The van der Waals surface area contributed by atoms with Gasteiger partial charge in [-0.25, -0.2) is 15.0 Å². The van der Waals surface area contributed by atoms with Gasteiger partial charge in [-0.1, -0.05) is 12.8 Å². The Bertz CT molecular complexity index is 634. The van der Waals surface area contributed by atoms with Crippen LogP contribution in [0.3, 0.4) is 0 Å². The van der Waals surface area contributed by atoms with Crippen molar-refractivity contribution < 1.29 is 4.79 Å². The molecule has 0 aromatic carbocycles. The van der Waals surface area contributed by atoms with Crippen molar-refractivity contribution in [1.82, 2.24) is 19.9 Å². The molecule has 2 heterocycles. The number of carbonyl (C=O) groups is 1. The minimum absolute atomic E-state index is 0.0686. The molecule has 110 valence electrons. The Hall–Kier alpha value is -1.82. The van der Waals surface area contributed by atoms with Crippen LogP contribution >= 0.6 is 11.3 Å². The summed E-state index contributed by atoms with van der Waals surface area (Å²) >= 11 is 1.38. The SMILES string of the molecule is Cc1nc(-c2ncccn2)sc1C(=O)N(C)C1CCCC1. The largest absolute Gasteiger partial charge is 0.338 e. The zero-order valence-corrected chi connectivity index (χ0v) is 13.1. The lowest BCUT2D eigenvalue weighted by Gasteiger charge is -2.23. The van der Waals surface area contributed by atoms with Crippen molar-refractivity contribution in [2.45, 2.75) is 38.6 Å². The first-order chi connectivity index (χ1) is 10.2. The first-order valence-corrected chi connectivity index (χ1v) is 8.00. The van der Waals surface area contributed by atoms with E-state index in [4.69, 9.17) is 0 Å². The molecular formula is C15H18N4OS. The first-order valence-electron chi connectivity index (χ1n) is 7.19. The predicted molar refractivity (Wildman–Crippen MR) is 82.2 cm³/mol. The summed E-state index contributed by atoms with van der Waals surface area (Å²) in [6.45, 7) is 1.87. The maximum absolute atomic E-state index is 12.7. The smallest absolute Gasteiger partial charge is 0.265 e. The maximum atomic E-state index is 12.7. The normalized spacial score (nSPS) is 15.3. The van der Waals surface area contributed by atoms with Crippen LogP contribution < -0.4 is 0 Å². The van der Waals surface area contributed by atoms with E-state index in [1.54, 1.807) is 18.5 Å². The zero-order valence-electron chi connectivity index (χ0n) is 12.2. The van der Waals surface area contributed by atoms with Crippen molar-refractivity contribution in [3.8, 4) is 10.8 Å². The minimum Gasteiger partial charge on any atom is -0.338 e. The molecule has 0 saturated heterocycles. The number of thiazole rings is 1. The van der Waals surface area contributed by atoms with Gasteiger partial charge >= 0.3 is 0 Å². The Balaban J connectivity index is 1.85. The van der Waals surface area contributed by atoms with Gasteiger partial charge in [0.25, 0.3) is 5.91 Å². The van der Waals surface area contributed by atoms with E-state index in [1.165, 1.54) is 24.2 Å². The molecular weight excluding hydrogens is 284 g/mol. The second kappa shape index (κ2) is 5.89. The van der Waals surface area contributed by atoms with Crippen LogP contribution in [0.5, 0.6) is 0 Å². The van der Waals surface area contributed by atoms with Crippen molar-refractivity contribution in [2.75, 3.05) is 7.05 Å². The summed E-state index contributed by atoms with van der Waals surface area (Å²) in [5.41, 5.74) is 0.761. The third-order valence-electron chi connectivity index (χ3n) is 3.94. The number of nitrogens with zero attached hydrogens (tertiary/aromatic N) is 4. The monoisotopic (exact) mass is 302 g/mol. The summed E-state index contributed by atoms with van der Waals surface area (Å²) in [5, 5.41) is 0.705. The number of hydrogen-bond donors (Lipinski definition) is 0. The molecule has 1 aliphatic carbocycles. The van der Waals surface area contributed by atoms with Crippen LogP contribution in [0, 0.1) is 6.92 Å². The molecule has 0 radical (unpaired) electrons. The maximum Gasteiger partial charge on any atom is 0.265 e. The highest BCUT2D eigenvalue weighted by molar-refractivity contribution is 7.17. The van der Waals surface area contributed by atoms with Crippen LogP contribution in [0.15, 0.2) is 18.5 Å². The Morgan fingerprint density at radius 1 is 1.29 bits per heavy atom. The molecule has 2 aromatic heterocycles. The van der Waals surface area contributed by atoms with E-state index in [0.717, 1.165) is 18.5 Å². The molecule has 0 unspecified atom stereocenters. The van der Waals surface area contributed by atoms with Gasteiger partial charge in [-0.15, -0.1) is 11.3 Å². The van der Waals surface area contributed by atoms with Gasteiger partial charge < -0.3 is 4.90 Å². The van der Waals surface area contributed by atoms with E-state index < -0.39 is 0 Å². The summed E-state index contributed by atoms with van der Waals surface area (Å²) in [7, 11) is 1.90. The van der Waals surface area contributed by atoms with Gasteiger partial charge in [0.2, 0.25) is 0 Å². The quantitative estimate of drug-likeness (QED) is 0.874. The molecule has 0 spiro atoms. The fourth-order valence-corrected chi connectivity index (χ4v) is 3.71. The van der Waals surface area contributed by atoms with Crippen molar-refractivity contribution >= 4 is 17.2 Å². The van der Waals surface area contributed by atoms with E-state index in [9.17, 15) is 4.79 Å². The van der Waals surface area contributed by atoms with E-state index in [2.05, 4.69) is 15.0 Å². The standard InChI is InChI=1S/C15H18N4OS/c1-10-12(15(20)19(2)11-6-3-4-7-11)21-14(18-10)13-16-8-5-9-17-13/h5,8-9,11H,3-4,6-7H2,1-2H3. The molecule has 1 amide bonds. The predicted octanol–water partition coefficient (Wildman–Crippen LogP) is 2.92. The third kappa shape index (κ3) is 2.81. The lowest BCUT2D eigenvalue weighted by atomic mass is 10.2. The molecule has 2 aromatic rings. The van der Waals surface area contributed by atoms with Crippen LogP contribution in [0.1, 0.15) is 41.0 Å². The minimum atomic E-state index is 0.0686. The molecule has 6 heteroatoms. The van der Waals surface area contributed by atoms with Crippen molar-refractivity contribution in [3.05, 3.63) is 29.0 Å². The van der Waals surface area contributed by atoms with E-state index in [1.807, 2.05) is 18.9 Å². The Morgan fingerprint density at radius 3 is 2.62 bits per heavy atom. The fraction of sp³-hybridized carbons (Fsp3) is 0.467. The number of carbonyl (C=O) groups excluding carboxylic acids is 1. The summed E-state index contributed by atoms with van der Waals surface area (Å²) in [5.74, 6) is 0.646. The molecule has 3 rings (SSSR count). The van der Waals surface area contributed by atoms with Gasteiger partial charge in [-0.3, -0.25) is 4.79 Å². The highest BCUT2D eigenvalue weighted by Gasteiger charge is 2.27. The average molecular weight is 302 g/mol. The summed E-state index contributed by atoms with van der Waals surface area (Å²) in [6.07, 6.45) is 8.01. The number of aryl methyl sites for hydroxylation is 1. The third-order valence-corrected chi connectivity index (χ3v) is 5.08. The van der Waals surface area contributed by atoms with E-state index in [-0.39, 0.29) is 5.91 Å². The Kier molecular flexibility index (Phi) is 3.96. The van der Waals surface area contributed by atoms with Gasteiger partial charge in [-0.05, 0) is 25.8 Å². The van der Waals surface area contributed by atoms with Crippen molar-refractivity contribution in [2.24, 2.45) is 0 Å². The molecule has 21 heavy (non-hydrogen) atoms. The van der Waals surface area contributed by atoms with Gasteiger partial charge in [-0.2, -0.15) is 0 Å². The average Bonchev–Trinajstić information content (AvgIpc) is 3.16. The van der Waals surface area contributed by atoms with Crippen LogP contribution in [-0.4, -0.2) is 38.8 Å². The molecule has 1 fully saturated rings. The molecule has 0 aliphatic heterocycles. The molecule has 1 aliphatic rings. The van der Waals surface area contributed by atoms with Crippen LogP contribution in [0.4, 0.5) is 0 Å². The molecule has 0 atom stereocenters. The Morgan fingerprint density at radius 2 is 1.95 bits per heavy atom. The number of rotatable bonds is 3. The van der Waals surface area contributed by atoms with Gasteiger partial charge in [0.05, 0.1) is 5.69 Å². The summed E-state index contributed by atoms with van der Waals surface area (Å²) in [6, 6.07) is 2.14. The Labute approximate surface area is 128 Å². The second-order valence-electron chi connectivity index (χ2n) is 5.36.